The van der Waals surface area contributed by atoms with Crippen LogP contribution in [0.1, 0.15) is 36.5 Å². The molecule has 2 atom stereocenters. The van der Waals surface area contributed by atoms with Crippen molar-refractivity contribution in [1.82, 2.24) is 5.32 Å². The molecule has 4 nitrogen and oxygen atoms in total. The Morgan fingerprint density at radius 2 is 2.10 bits per heavy atom. The van der Waals surface area contributed by atoms with E-state index in [1.807, 2.05) is 6.92 Å². The maximum atomic E-state index is 14.0. The summed E-state index contributed by atoms with van der Waals surface area (Å²) in [5, 5.41) is 2.57. The summed E-state index contributed by atoms with van der Waals surface area (Å²) < 4.78 is 49.8. The van der Waals surface area contributed by atoms with E-state index in [-0.39, 0.29) is 6.04 Å². The molecule has 0 saturated heterocycles. The molecule has 0 aliphatic heterocycles. The van der Waals surface area contributed by atoms with E-state index < -0.39 is 37.1 Å². The van der Waals surface area contributed by atoms with Crippen LogP contribution in [0.3, 0.4) is 0 Å². The fraction of sp³-hybridized carbons (Fsp3) is 0.462. The summed E-state index contributed by atoms with van der Waals surface area (Å²) in [7, 11) is 0.562. The SMILES string of the molecule is CCCC1CC1NC(=O)c1cc(F)cc(S(=O)(=O)Cl)c1F. The highest BCUT2D eigenvalue weighted by Crippen LogP contribution is 2.35. The lowest BCUT2D eigenvalue weighted by Gasteiger charge is -2.08. The van der Waals surface area contributed by atoms with Crippen molar-refractivity contribution in [3.8, 4) is 0 Å². The average Bonchev–Trinajstić information content (AvgIpc) is 3.08. The van der Waals surface area contributed by atoms with Crippen molar-refractivity contribution in [2.45, 2.75) is 37.1 Å². The molecule has 1 aromatic rings. The number of hydrogen-bond donors (Lipinski definition) is 1. The van der Waals surface area contributed by atoms with Gasteiger partial charge in [0.15, 0.2) is 5.82 Å². The van der Waals surface area contributed by atoms with Crippen LogP contribution in [-0.2, 0) is 9.05 Å². The van der Waals surface area contributed by atoms with Gasteiger partial charge in [-0.3, -0.25) is 4.79 Å². The molecule has 8 heteroatoms. The summed E-state index contributed by atoms with van der Waals surface area (Å²) >= 11 is 0. The second kappa shape index (κ2) is 5.88. The van der Waals surface area contributed by atoms with Crippen molar-refractivity contribution in [2.75, 3.05) is 0 Å². The minimum absolute atomic E-state index is 0.0730. The Labute approximate surface area is 125 Å². The van der Waals surface area contributed by atoms with Gasteiger partial charge in [-0.05, 0) is 30.9 Å². The molecule has 0 bridgehead atoms. The number of halogens is 3. The Bertz CT molecular complexity index is 678. The van der Waals surface area contributed by atoms with Crippen molar-refractivity contribution in [3.05, 3.63) is 29.3 Å². The van der Waals surface area contributed by atoms with Crippen molar-refractivity contribution in [2.24, 2.45) is 5.92 Å². The Balaban J connectivity index is 2.24. The molecule has 116 valence electrons. The molecule has 0 aromatic heterocycles. The number of nitrogens with one attached hydrogen (secondary N) is 1. The zero-order valence-corrected chi connectivity index (χ0v) is 12.8. The lowest BCUT2D eigenvalue weighted by Crippen LogP contribution is -2.28. The zero-order valence-electron chi connectivity index (χ0n) is 11.2. The first-order valence-corrected chi connectivity index (χ1v) is 8.79. The van der Waals surface area contributed by atoms with Gasteiger partial charge in [0.1, 0.15) is 10.7 Å². The van der Waals surface area contributed by atoms with Crippen molar-refractivity contribution < 1.29 is 22.0 Å². The van der Waals surface area contributed by atoms with Gasteiger partial charge in [0, 0.05) is 16.7 Å². The van der Waals surface area contributed by atoms with Gasteiger partial charge in [0.2, 0.25) is 0 Å². The van der Waals surface area contributed by atoms with Crippen LogP contribution in [0, 0.1) is 17.6 Å². The van der Waals surface area contributed by atoms with Crippen molar-refractivity contribution in [3.63, 3.8) is 0 Å². The molecular formula is C13H14ClF2NO3S. The van der Waals surface area contributed by atoms with Gasteiger partial charge in [-0.25, -0.2) is 17.2 Å². The van der Waals surface area contributed by atoms with E-state index in [0.29, 0.717) is 18.1 Å². The highest BCUT2D eigenvalue weighted by Gasteiger charge is 2.38. The lowest BCUT2D eigenvalue weighted by molar-refractivity contribution is 0.0943. The van der Waals surface area contributed by atoms with Crippen LogP contribution in [0.25, 0.3) is 0 Å². The molecule has 21 heavy (non-hydrogen) atoms. The summed E-state index contributed by atoms with van der Waals surface area (Å²) in [5.74, 6) is -2.87. The van der Waals surface area contributed by atoms with E-state index in [1.54, 1.807) is 0 Å². The minimum Gasteiger partial charge on any atom is -0.349 e. The molecular weight excluding hydrogens is 324 g/mol. The normalized spacial score (nSPS) is 21.1. The Morgan fingerprint density at radius 1 is 1.43 bits per heavy atom. The smallest absolute Gasteiger partial charge is 0.264 e. The van der Waals surface area contributed by atoms with Gasteiger partial charge in [0.25, 0.3) is 15.0 Å². The standard InChI is InChI=1S/C13H14ClF2NO3S/c1-2-3-7-4-10(7)17-13(18)9-5-8(15)6-11(12(9)16)21(14,19)20/h5-7,10H,2-4H2,1H3,(H,17,18). The van der Waals surface area contributed by atoms with Crippen LogP contribution in [0.5, 0.6) is 0 Å². The highest BCUT2D eigenvalue weighted by molar-refractivity contribution is 8.13. The second-order valence-corrected chi connectivity index (χ2v) is 7.60. The first-order valence-electron chi connectivity index (χ1n) is 6.48. The van der Waals surface area contributed by atoms with E-state index >= 15 is 0 Å². The minimum atomic E-state index is -4.47. The van der Waals surface area contributed by atoms with Gasteiger partial charge in [0.05, 0.1) is 5.56 Å². The molecule has 1 fully saturated rings. The fourth-order valence-corrected chi connectivity index (χ4v) is 3.18. The first-order chi connectivity index (χ1) is 9.74. The lowest BCUT2D eigenvalue weighted by atomic mass is 10.2. The Hall–Kier alpha value is -1.21. The fourth-order valence-electron chi connectivity index (χ4n) is 2.27. The topological polar surface area (TPSA) is 63.2 Å². The molecule has 1 aliphatic carbocycles. The maximum absolute atomic E-state index is 14.0. The van der Waals surface area contributed by atoms with E-state index in [0.717, 1.165) is 19.3 Å². The zero-order chi connectivity index (χ0) is 15.8. The van der Waals surface area contributed by atoms with Crippen molar-refractivity contribution in [1.29, 1.82) is 0 Å². The molecule has 0 spiro atoms. The first kappa shape index (κ1) is 16.2. The summed E-state index contributed by atoms with van der Waals surface area (Å²) in [4.78, 5) is 10.9. The Morgan fingerprint density at radius 3 is 2.67 bits per heavy atom. The van der Waals surface area contributed by atoms with Crippen LogP contribution in [-0.4, -0.2) is 20.4 Å². The number of carbonyl (C=O) groups is 1. The summed E-state index contributed by atoms with van der Waals surface area (Å²) in [5.41, 5.74) is -0.656. The van der Waals surface area contributed by atoms with E-state index in [2.05, 4.69) is 5.32 Å². The predicted molar refractivity (Wildman–Crippen MR) is 73.7 cm³/mol. The van der Waals surface area contributed by atoms with Crippen LogP contribution in [0.15, 0.2) is 17.0 Å². The molecule has 2 unspecified atom stereocenters. The van der Waals surface area contributed by atoms with Gasteiger partial charge in [-0.1, -0.05) is 13.3 Å². The molecule has 0 heterocycles. The van der Waals surface area contributed by atoms with Gasteiger partial charge < -0.3 is 5.32 Å². The molecule has 2 rings (SSSR count). The number of benzene rings is 1. The molecule has 1 amide bonds. The predicted octanol–water partition coefficient (Wildman–Crippen LogP) is 2.81. The number of amides is 1. The second-order valence-electron chi connectivity index (χ2n) is 5.07. The van der Waals surface area contributed by atoms with Gasteiger partial charge in [-0.2, -0.15) is 0 Å². The van der Waals surface area contributed by atoms with Crippen LogP contribution in [0.2, 0.25) is 0 Å². The van der Waals surface area contributed by atoms with E-state index in [1.165, 1.54) is 0 Å². The molecule has 0 radical (unpaired) electrons. The van der Waals surface area contributed by atoms with Crippen molar-refractivity contribution >= 4 is 25.6 Å². The third kappa shape index (κ3) is 3.71. The summed E-state index contributed by atoms with van der Waals surface area (Å²) in [6.45, 7) is 2.01. The monoisotopic (exact) mass is 337 g/mol. The largest absolute Gasteiger partial charge is 0.349 e. The van der Waals surface area contributed by atoms with Crippen LogP contribution in [0.4, 0.5) is 8.78 Å². The number of rotatable bonds is 5. The van der Waals surface area contributed by atoms with Crippen LogP contribution < -0.4 is 5.32 Å². The Kier molecular flexibility index (Phi) is 4.53. The van der Waals surface area contributed by atoms with Crippen LogP contribution >= 0.6 is 10.7 Å². The molecule has 1 N–H and O–H groups in total. The van der Waals surface area contributed by atoms with E-state index in [9.17, 15) is 22.0 Å². The number of carbonyl (C=O) groups excluding carboxylic acids is 1. The maximum Gasteiger partial charge on any atom is 0.264 e. The van der Waals surface area contributed by atoms with E-state index in [4.69, 9.17) is 10.7 Å². The molecule has 1 aromatic carbocycles. The molecule has 1 aliphatic rings. The highest BCUT2D eigenvalue weighted by atomic mass is 35.7. The molecule has 1 saturated carbocycles. The third-order valence-electron chi connectivity index (χ3n) is 3.41. The average molecular weight is 338 g/mol. The van der Waals surface area contributed by atoms with Gasteiger partial charge >= 0.3 is 0 Å². The quantitative estimate of drug-likeness (QED) is 0.840. The van der Waals surface area contributed by atoms with Gasteiger partial charge in [-0.15, -0.1) is 0 Å². The number of hydrogen-bond acceptors (Lipinski definition) is 3. The summed E-state index contributed by atoms with van der Waals surface area (Å²) in [6.07, 6.45) is 2.70. The third-order valence-corrected chi connectivity index (χ3v) is 4.73. The summed E-state index contributed by atoms with van der Waals surface area (Å²) in [6, 6.07) is 1.04.